The van der Waals surface area contributed by atoms with Crippen LogP contribution in [0.3, 0.4) is 0 Å². The van der Waals surface area contributed by atoms with Crippen molar-refractivity contribution in [2.45, 2.75) is 0 Å². The summed E-state index contributed by atoms with van der Waals surface area (Å²) in [6, 6.07) is 11.1. The molecule has 0 aliphatic carbocycles. The van der Waals surface area contributed by atoms with Crippen LogP contribution in [-0.4, -0.2) is 18.1 Å². The molecule has 1 amide bonds. The summed E-state index contributed by atoms with van der Waals surface area (Å²) >= 11 is 0. The third-order valence-electron chi connectivity index (χ3n) is 3.56. The minimum Gasteiger partial charge on any atom is -0.508 e. The molecule has 0 unspecified atom stereocenters. The van der Waals surface area contributed by atoms with Gasteiger partial charge in [-0.1, -0.05) is 0 Å². The van der Waals surface area contributed by atoms with E-state index in [-0.39, 0.29) is 28.2 Å². The number of rotatable bonds is 4. The summed E-state index contributed by atoms with van der Waals surface area (Å²) in [6.07, 6.45) is 3.89. The van der Waals surface area contributed by atoms with E-state index >= 15 is 0 Å². The Morgan fingerprint density at radius 3 is 2.68 bits per heavy atom. The Balaban J connectivity index is 1.77. The largest absolute Gasteiger partial charge is 0.508 e. The van der Waals surface area contributed by atoms with Crippen LogP contribution in [0.15, 0.2) is 64.0 Å². The average molecular weight is 337 g/mol. The molecule has 0 saturated heterocycles. The molecule has 0 spiro atoms. The van der Waals surface area contributed by atoms with Crippen LogP contribution in [0.25, 0.3) is 17.0 Å². The van der Waals surface area contributed by atoms with Crippen LogP contribution in [0.4, 0.5) is 5.69 Å². The number of hydrogen-bond acceptors (Lipinski definition) is 5. The fourth-order valence-corrected chi connectivity index (χ4v) is 2.27. The first-order valence-corrected chi connectivity index (χ1v) is 7.44. The van der Waals surface area contributed by atoms with Crippen LogP contribution < -0.4 is 15.5 Å². The van der Waals surface area contributed by atoms with Gasteiger partial charge in [0.05, 0.1) is 18.1 Å². The number of aromatic hydroxyl groups is 1. The van der Waals surface area contributed by atoms with E-state index in [0.29, 0.717) is 16.8 Å². The molecule has 3 aromatic rings. The van der Waals surface area contributed by atoms with Crippen molar-refractivity contribution in [3.05, 3.63) is 70.6 Å². The summed E-state index contributed by atoms with van der Waals surface area (Å²) in [6.45, 7) is 0. The highest BCUT2D eigenvalue weighted by Gasteiger charge is 2.06. The van der Waals surface area contributed by atoms with E-state index in [1.807, 2.05) is 0 Å². The molecule has 3 rings (SSSR count). The molecule has 6 heteroatoms. The normalized spacial score (nSPS) is 10.9. The van der Waals surface area contributed by atoms with Gasteiger partial charge in [0.2, 0.25) is 5.91 Å². The van der Waals surface area contributed by atoms with E-state index in [0.717, 1.165) is 0 Å². The van der Waals surface area contributed by atoms with Crippen LogP contribution in [0.2, 0.25) is 0 Å². The summed E-state index contributed by atoms with van der Waals surface area (Å²) in [7, 11) is 1.56. The predicted octanol–water partition coefficient (Wildman–Crippen LogP) is 3.16. The lowest BCUT2D eigenvalue weighted by Crippen LogP contribution is -2.09. The van der Waals surface area contributed by atoms with Crippen LogP contribution in [0.1, 0.15) is 5.56 Å². The minimum atomic E-state index is -0.379. The van der Waals surface area contributed by atoms with Gasteiger partial charge < -0.3 is 19.6 Å². The third kappa shape index (κ3) is 3.69. The first-order valence-electron chi connectivity index (χ1n) is 7.44. The molecule has 0 saturated carbocycles. The van der Waals surface area contributed by atoms with Crippen molar-refractivity contribution < 1.29 is 19.1 Å². The number of anilines is 1. The zero-order valence-electron chi connectivity index (χ0n) is 13.4. The standard InChI is InChI=1S/C19H15NO5/c1-24-15-6-3-13(4-7-15)20-18(22)9-2-12-11-25-17-10-14(21)5-8-16(17)19(12)23/h2-11,21H,1H3,(H,20,22)/b9-2+. The number of hydrogen-bond donors (Lipinski definition) is 2. The zero-order chi connectivity index (χ0) is 17.8. The fraction of sp³-hybridized carbons (Fsp3) is 0.0526. The highest BCUT2D eigenvalue weighted by molar-refractivity contribution is 6.02. The Labute approximate surface area is 143 Å². The van der Waals surface area contributed by atoms with Crippen molar-refractivity contribution in [2.75, 3.05) is 12.4 Å². The van der Waals surface area contributed by atoms with Crippen molar-refractivity contribution >= 4 is 28.6 Å². The Bertz CT molecular complexity index is 1000. The molecule has 0 fully saturated rings. The number of ether oxygens (including phenoxy) is 1. The highest BCUT2D eigenvalue weighted by atomic mass is 16.5. The SMILES string of the molecule is COc1ccc(NC(=O)/C=C/c2coc3cc(O)ccc3c2=O)cc1. The number of fused-ring (bicyclic) bond motifs is 1. The lowest BCUT2D eigenvalue weighted by atomic mass is 10.1. The number of methoxy groups -OCH3 is 1. The molecule has 0 radical (unpaired) electrons. The van der Waals surface area contributed by atoms with Gasteiger partial charge in [-0.15, -0.1) is 0 Å². The number of benzene rings is 2. The number of phenols is 1. The number of carbonyl (C=O) groups is 1. The zero-order valence-corrected chi connectivity index (χ0v) is 13.4. The van der Waals surface area contributed by atoms with Gasteiger partial charge in [-0.3, -0.25) is 9.59 Å². The van der Waals surface area contributed by atoms with E-state index < -0.39 is 0 Å². The van der Waals surface area contributed by atoms with Crippen LogP contribution in [-0.2, 0) is 4.79 Å². The molecular formula is C19H15NO5. The molecule has 0 atom stereocenters. The third-order valence-corrected chi connectivity index (χ3v) is 3.56. The molecule has 2 aromatic carbocycles. The molecule has 6 nitrogen and oxygen atoms in total. The van der Waals surface area contributed by atoms with Gasteiger partial charge in [0.1, 0.15) is 23.3 Å². The Hall–Kier alpha value is -3.54. The van der Waals surface area contributed by atoms with Gasteiger partial charge in [0.25, 0.3) is 0 Å². The second-order valence-corrected chi connectivity index (χ2v) is 5.25. The Kier molecular flexibility index (Phi) is 4.52. The molecule has 0 aliphatic heterocycles. The molecule has 1 aromatic heterocycles. The number of nitrogens with one attached hydrogen (secondary N) is 1. The topological polar surface area (TPSA) is 88.8 Å². The molecule has 126 valence electrons. The summed E-state index contributed by atoms with van der Waals surface area (Å²) in [5.41, 5.74) is 0.846. The summed E-state index contributed by atoms with van der Waals surface area (Å²) in [4.78, 5) is 24.3. The Morgan fingerprint density at radius 2 is 1.96 bits per heavy atom. The van der Waals surface area contributed by atoms with Gasteiger partial charge in [0, 0.05) is 17.8 Å². The maximum Gasteiger partial charge on any atom is 0.248 e. The smallest absolute Gasteiger partial charge is 0.248 e. The van der Waals surface area contributed by atoms with Gasteiger partial charge in [0.15, 0.2) is 5.43 Å². The van der Waals surface area contributed by atoms with Crippen LogP contribution >= 0.6 is 0 Å². The monoisotopic (exact) mass is 337 g/mol. The van der Waals surface area contributed by atoms with Gasteiger partial charge in [-0.25, -0.2) is 0 Å². The first kappa shape index (κ1) is 16.3. The molecule has 2 N–H and O–H groups in total. The number of carbonyl (C=O) groups excluding carboxylic acids is 1. The average Bonchev–Trinajstić information content (AvgIpc) is 2.61. The van der Waals surface area contributed by atoms with Crippen molar-refractivity contribution in [3.63, 3.8) is 0 Å². The molecule has 25 heavy (non-hydrogen) atoms. The lowest BCUT2D eigenvalue weighted by Gasteiger charge is -2.03. The second kappa shape index (κ2) is 6.92. The summed E-state index contributed by atoms with van der Waals surface area (Å²) < 4.78 is 10.4. The highest BCUT2D eigenvalue weighted by Crippen LogP contribution is 2.18. The molecule has 0 aliphatic rings. The maximum atomic E-state index is 12.3. The lowest BCUT2D eigenvalue weighted by molar-refractivity contribution is -0.111. The maximum absolute atomic E-state index is 12.3. The second-order valence-electron chi connectivity index (χ2n) is 5.25. The van der Waals surface area contributed by atoms with E-state index in [9.17, 15) is 14.7 Å². The van der Waals surface area contributed by atoms with E-state index in [1.54, 1.807) is 31.4 Å². The van der Waals surface area contributed by atoms with Gasteiger partial charge in [-0.05, 0) is 42.5 Å². The number of phenolic OH excluding ortho intramolecular Hbond substituents is 1. The number of amides is 1. The van der Waals surface area contributed by atoms with Crippen LogP contribution in [0.5, 0.6) is 11.5 Å². The van der Waals surface area contributed by atoms with E-state index in [2.05, 4.69) is 5.32 Å². The van der Waals surface area contributed by atoms with Gasteiger partial charge >= 0.3 is 0 Å². The molecular weight excluding hydrogens is 322 g/mol. The van der Waals surface area contributed by atoms with Crippen molar-refractivity contribution in [1.82, 2.24) is 0 Å². The molecule has 1 heterocycles. The van der Waals surface area contributed by atoms with Crippen LogP contribution in [0, 0.1) is 0 Å². The first-order chi connectivity index (χ1) is 12.1. The minimum absolute atomic E-state index is 0.0119. The quantitative estimate of drug-likeness (QED) is 0.714. The summed E-state index contributed by atoms with van der Waals surface area (Å²) in [5, 5.41) is 12.4. The van der Waals surface area contributed by atoms with Crippen molar-refractivity contribution in [1.29, 1.82) is 0 Å². The predicted molar refractivity (Wildman–Crippen MR) is 94.8 cm³/mol. The Morgan fingerprint density at radius 1 is 1.20 bits per heavy atom. The van der Waals surface area contributed by atoms with Crippen molar-refractivity contribution in [2.24, 2.45) is 0 Å². The summed E-state index contributed by atoms with van der Waals surface area (Å²) in [5.74, 6) is 0.321. The van der Waals surface area contributed by atoms with Gasteiger partial charge in [-0.2, -0.15) is 0 Å². The molecule has 0 bridgehead atoms. The van der Waals surface area contributed by atoms with E-state index in [4.69, 9.17) is 9.15 Å². The fourth-order valence-electron chi connectivity index (χ4n) is 2.27. The van der Waals surface area contributed by atoms with Crippen molar-refractivity contribution in [3.8, 4) is 11.5 Å². The van der Waals surface area contributed by atoms with E-state index in [1.165, 1.54) is 36.6 Å².